The normalized spacial score (nSPS) is 9.93. The molecule has 0 saturated carbocycles. The lowest BCUT2D eigenvalue weighted by Crippen LogP contribution is -1.80. The summed E-state index contributed by atoms with van der Waals surface area (Å²) in [6, 6.07) is 6.92. The molecule has 0 radical (unpaired) electrons. The monoisotopic (exact) mass is 203 g/mol. The molecule has 0 spiro atoms. The Kier molecular flexibility index (Phi) is 4.91. The van der Waals surface area contributed by atoms with Crippen molar-refractivity contribution < 1.29 is 9.53 Å². The molecule has 1 aromatic rings. The van der Waals surface area contributed by atoms with Gasteiger partial charge in [-0.2, -0.15) is 4.99 Å². The SMILES string of the molecule is CCC/C=C/Oc1ccc(N=C=O)cc1. The van der Waals surface area contributed by atoms with Crippen molar-refractivity contribution in [2.24, 2.45) is 4.99 Å². The number of allylic oxidation sites excluding steroid dienone is 1. The molecular formula is C12H13NO2. The molecule has 3 heteroatoms. The standard InChI is InChI=1S/C12H13NO2/c1-2-3-4-9-15-12-7-5-11(6-8-12)13-10-14/h4-9H,2-3H2,1H3/b9-4+. The van der Waals surface area contributed by atoms with E-state index in [0.29, 0.717) is 5.69 Å². The summed E-state index contributed by atoms with van der Waals surface area (Å²) >= 11 is 0. The highest BCUT2D eigenvalue weighted by Gasteiger charge is 1.91. The summed E-state index contributed by atoms with van der Waals surface area (Å²) in [7, 11) is 0. The van der Waals surface area contributed by atoms with Crippen molar-refractivity contribution in [3.8, 4) is 5.75 Å². The Morgan fingerprint density at radius 1 is 1.40 bits per heavy atom. The van der Waals surface area contributed by atoms with Gasteiger partial charge in [0.05, 0.1) is 11.9 Å². The summed E-state index contributed by atoms with van der Waals surface area (Å²) in [6.45, 7) is 2.11. The number of hydrogen-bond donors (Lipinski definition) is 0. The van der Waals surface area contributed by atoms with Crippen LogP contribution in [0.15, 0.2) is 41.6 Å². The van der Waals surface area contributed by atoms with Crippen LogP contribution >= 0.6 is 0 Å². The van der Waals surface area contributed by atoms with Crippen molar-refractivity contribution in [2.75, 3.05) is 0 Å². The van der Waals surface area contributed by atoms with Gasteiger partial charge in [-0.25, -0.2) is 4.79 Å². The number of aliphatic imine (C=N–C) groups is 1. The first-order chi connectivity index (χ1) is 7.36. The van der Waals surface area contributed by atoms with Crippen LogP contribution in [0.1, 0.15) is 19.8 Å². The van der Waals surface area contributed by atoms with Gasteiger partial charge < -0.3 is 4.74 Å². The molecule has 1 rings (SSSR count). The number of rotatable bonds is 5. The second-order valence-electron chi connectivity index (χ2n) is 2.98. The molecule has 0 aliphatic carbocycles. The number of hydrogen-bond acceptors (Lipinski definition) is 3. The largest absolute Gasteiger partial charge is 0.465 e. The molecule has 15 heavy (non-hydrogen) atoms. The van der Waals surface area contributed by atoms with Crippen LogP contribution in [0.5, 0.6) is 5.75 Å². The van der Waals surface area contributed by atoms with Crippen molar-refractivity contribution in [3.05, 3.63) is 36.6 Å². The molecule has 0 atom stereocenters. The lowest BCUT2D eigenvalue weighted by atomic mass is 10.3. The average Bonchev–Trinajstić information content (AvgIpc) is 2.27. The molecule has 0 saturated heterocycles. The van der Waals surface area contributed by atoms with Crippen molar-refractivity contribution in [3.63, 3.8) is 0 Å². The van der Waals surface area contributed by atoms with Crippen LogP contribution in [0.4, 0.5) is 5.69 Å². The zero-order valence-electron chi connectivity index (χ0n) is 8.64. The minimum Gasteiger partial charge on any atom is -0.465 e. The van der Waals surface area contributed by atoms with E-state index in [-0.39, 0.29) is 0 Å². The summed E-state index contributed by atoms with van der Waals surface area (Å²) in [5.74, 6) is 0.729. The van der Waals surface area contributed by atoms with Gasteiger partial charge in [-0.15, -0.1) is 0 Å². The van der Waals surface area contributed by atoms with Gasteiger partial charge in [-0.1, -0.05) is 13.3 Å². The molecule has 1 aromatic carbocycles. The lowest BCUT2D eigenvalue weighted by molar-refractivity contribution is 0.478. The van der Waals surface area contributed by atoms with Gasteiger partial charge in [0.15, 0.2) is 0 Å². The molecule has 0 N–H and O–H groups in total. The fourth-order valence-corrected chi connectivity index (χ4v) is 1.01. The van der Waals surface area contributed by atoms with Gasteiger partial charge in [0.2, 0.25) is 6.08 Å². The van der Waals surface area contributed by atoms with Crippen LogP contribution in [0, 0.1) is 0 Å². The van der Waals surface area contributed by atoms with Crippen LogP contribution < -0.4 is 4.74 Å². The average molecular weight is 203 g/mol. The minimum atomic E-state index is 0.579. The van der Waals surface area contributed by atoms with E-state index in [1.54, 1.807) is 30.5 Å². The predicted molar refractivity (Wildman–Crippen MR) is 58.9 cm³/mol. The summed E-state index contributed by atoms with van der Waals surface area (Å²) in [5, 5.41) is 0. The maximum atomic E-state index is 9.97. The summed E-state index contributed by atoms with van der Waals surface area (Å²) in [5.41, 5.74) is 0.579. The first kappa shape index (κ1) is 11.2. The van der Waals surface area contributed by atoms with E-state index in [9.17, 15) is 4.79 Å². The molecule has 0 aromatic heterocycles. The van der Waals surface area contributed by atoms with E-state index in [4.69, 9.17) is 4.74 Å². The van der Waals surface area contributed by atoms with E-state index in [1.807, 2.05) is 6.08 Å². The second-order valence-corrected chi connectivity index (χ2v) is 2.98. The van der Waals surface area contributed by atoms with Crippen LogP contribution in [0.3, 0.4) is 0 Å². The van der Waals surface area contributed by atoms with Crippen LogP contribution in [-0.4, -0.2) is 6.08 Å². The Balaban J connectivity index is 2.53. The molecular weight excluding hydrogens is 190 g/mol. The van der Waals surface area contributed by atoms with Gasteiger partial charge in [-0.05, 0) is 36.8 Å². The van der Waals surface area contributed by atoms with Crippen LogP contribution in [0.2, 0.25) is 0 Å². The highest BCUT2D eigenvalue weighted by atomic mass is 16.5. The van der Waals surface area contributed by atoms with Crippen LogP contribution in [-0.2, 0) is 4.79 Å². The van der Waals surface area contributed by atoms with Gasteiger partial charge in [0.25, 0.3) is 0 Å². The second kappa shape index (κ2) is 6.57. The minimum absolute atomic E-state index is 0.579. The summed E-state index contributed by atoms with van der Waals surface area (Å²) < 4.78 is 5.32. The first-order valence-corrected chi connectivity index (χ1v) is 4.86. The topological polar surface area (TPSA) is 38.7 Å². The molecule has 3 nitrogen and oxygen atoms in total. The number of carbonyl (C=O) groups excluding carboxylic acids is 1. The fraction of sp³-hybridized carbons (Fsp3) is 0.250. The Labute approximate surface area is 89.1 Å². The van der Waals surface area contributed by atoms with Gasteiger partial charge in [-0.3, -0.25) is 0 Å². The number of isocyanates is 1. The Morgan fingerprint density at radius 3 is 2.73 bits per heavy atom. The number of benzene rings is 1. The van der Waals surface area contributed by atoms with E-state index < -0.39 is 0 Å². The van der Waals surface area contributed by atoms with Crippen molar-refractivity contribution >= 4 is 11.8 Å². The van der Waals surface area contributed by atoms with E-state index in [1.165, 1.54) is 6.08 Å². The molecule has 0 amide bonds. The first-order valence-electron chi connectivity index (χ1n) is 4.86. The molecule has 0 fully saturated rings. The molecule has 0 aliphatic heterocycles. The zero-order valence-corrected chi connectivity index (χ0v) is 8.64. The molecule has 0 heterocycles. The predicted octanol–water partition coefficient (Wildman–Crippen LogP) is 3.35. The third-order valence-electron chi connectivity index (χ3n) is 1.77. The molecule has 78 valence electrons. The Bertz CT molecular complexity index is 362. The highest BCUT2D eigenvalue weighted by Crippen LogP contribution is 2.17. The maximum absolute atomic E-state index is 9.97. The third-order valence-corrected chi connectivity index (χ3v) is 1.77. The summed E-state index contributed by atoms with van der Waals surface area (Å²) in [4.78, 5) is 13.4. The van der Waals surface area contributed by atoms with Gasteiger partial charge >= 0.3 is 0 Å². The molecule has 0 unspecified atom stereocenters. The lowest BCUT2D eigenvalue weighted by Gasteiger charge is -1.99. The van der Waals surface area contributed by atoms with E-state index in [2.05, 4.69) is 11.9 Å². The Morgan fingerprint density at radius 2 is 2.13 bits per heavy atom. The summed E-state index contributed by atoms with van der Waals surface area (Å²) in [6.07, 6.45) is 7.23. The molecule has 0 bridgehead atoms. The number of unbranched alkanes of at least 4 members (excludes halogenated alkanes) is 1. The van der Waals surface area contributed by atoms with E-state index >= 15 is 0 Å². The van der Waals surface area contributed by atoms with Crippen molar-refractivity contribution in [1.29, 1.82) is 0 Å². The number of ether oxygens (including phenoxy) is 1. The zero-order chi connectivity index (χ0) is 10.9. The fourth-order valence-electron chi connectivity index (χ4n) is 1.01. The van der Waals surface area contributed by atoms with Crippen molar-refractivity contribution in [1.82, 2.24) is 0 Å². The van der Waals surface area contributed by atoms with Gasteiger partial charge in [0.1, 0.15) is 5.75 Å². The smallest absolute Gasteiger partial charge is 0.240 e. The maximum Gasteiger partial charge on any atom is 0.240 e. The third kappa shape index (κ3) is 4.25. The number of nitrogens with zero attached hydrogens (tertiary/aromatic N) is 1. The van der Waals surface area contributed by atoms with E-state index in [0.717, 1.165) is 18.6 Å². The van der Waals surface area contributed by atoms with Crippen LogP contribution in [0.25, 0.3) is 0 Å². The van der Waals surface area contributed by atoms with Crippen molar-refractivity contribution in [2.45, 2.75) is 19.8 Å². The van der Waals surface area contributed by atoms with Gasteiger partial charge in [0, 0.05) is 0 Å². The quantitative estimate of drug-likeness (QED) is 0.418. The Hall–Kier alpha value is -1.86. The molecule has 0 aliphatic rings. The highest BCUT2D eigenvalue weighted by molar-refractivity contribution is 5.50.